The van der Waals surface area contributed by atoms with Gasteiger partial charge in [-0.1, -0.05) is 32.1 Å². The summed E-state index contributed by atoms with van der Waals surface area (Å²) in [5.74, 6) is -2.72. The molecular weight excluding hydrogens is 632 g/mol. The number of hydrogen-bond acceptors (Lipinski definition) is 7. The zero-order chi connectivity index (χ0) is 36.0. The minimum Gasteiger partial charge on any atom is -0.468 e. The minimum absolute atomic E-state index is 0.0372. The van der Waals surface area contributed by atoms with Crippen LogP contribution in [0.4, 0.5) is 0 Å². The van der Waals surface area contributed by atoms with E-state index in [4.69, 9.17) is 9.47 Å². The van der Waals surface area contributed by atoms with E-state index in [1.165, 1.54) is 7.11 Å². The third-order valence-corrected chi connectivity index (χ3v) is 11.4. The summed E-state index contributed by atoms with van der Waals surface area (Å²) >= 11 is 0. The van der Waals surface area contributed by atoms with Gasteiger partial charge in [0.2, 0.25) is 0 Å². The van der Waals surface area contributed by atoms with Crippen molar-refractivity contribution in [2.24, 2.45) is 17.8 Å². The number of nitrogens with one attached hydrogen (secondary N) is 4. The Morgan fingerprint density at radius 3 is 2.46 bits per heavy atom. The smallest absolute Gasteiger partial charge is 0.317 e. The molecule has 5 heterocycles. The first-order chi connectivity index (χ1) is 23.9. The van der Waals surface area contributed by atoms with Crippen LogP contribution < -0.4 is 16.0 Å². The number of aliphatic hydroxyl groups excluding tert-OH is 1. The summed E-state index contributed by atoms with van der Waals surface area (Å²) in [4.78, 5) is 51.5. The molecule has 8 bridgehead atoms. The van der Waals surface area contributed by atoms with Gasteiger partial charge in [-0.2, -0.15) is 0 Å². The van der Waals surface area contributed by atoms with E-state index in [-0.39, 0.29) is 55.3 Å². The van der Waals surface area contributed by atoms with E-state index < -0.39 is 17.8 Å². The lowest BCUT2D eigenvalue weighted by Gasteiger charge is -2.30. The number of carbonyl (C=O) groups is 3. The number of ether oxygens (including phenoxy) is 2. The van der Waals surface area contributed by atoms with Gasteiger partial charge in [-0.15, -0.1) is 0 Å². The highest BCUT2D eigenvalue weighted by atomic mass is 16.5. The lowest BCUT2D eigenvalue weighted by Crippen LogP contribution is -2.42. The summed E-state index contributed by atoms with van der Waals surface area (Å²) < 4.78 is 10.8. The summed E-state index contributed by atoms with van der Waals surface area (Å²) in [7, 11) is 1.32. The molecule has 0 saturated carbocycles. The van der Waals surface area contributed by atoms with Gasteiger partial charge in [-0.05, 0) is 87.3 Å². The largest absolute Gasteiger partial charge is 0.468 e. The second-order valence-electron chi connectivity index (χ2n) is 14.3. The quantitative estimate of drug-likeness (QED) is 0.129. The number of ketones is 1. The Morgan fingerprint density at radius 2 is 1.80 bits per heavy atom. The zero-order valence-electron chi connectivity index (χ0n) is 30.2. The fourth-order valence-electron chi connectivity index (χ4n) is 8.71. The summed E-state index contributed by atoms with van der Waals surface area (Å²) in [5.41, 5.74) is 9.61. The van der Waals surface area contributed by atoms with Crippen LogP contribution in [0.2, 0.25) is 0 Å². The molecule has 0 amide bonds. The number of H-pyrrole nitrogens is 3. The maximum absolute atomic E-state index is 14.3. The average molecular weight is 683 g/mol. The van der Waals surface area contributed by atoms with E-state index in [0.29, 0.717) is 18.4 Å². The number of aliphatic hydroxyl groups is 1. The maximum Gasteiger partial charge on any atom is 0.317 e. The second kappa shape index (κ2) is 14.1. The molecule has 0 aromatic carbocycles. The number of aromatic amines is 3. The molecule has 2 aliphatic heterocycles. The monoisotopic (exact) mass is 682 g/mol. The van der Waals surface area contributed by atoms with Gasteiger partial charge < -0.3 is 34.8 Å². The van der Waals surface area contributed by atoms with Crippen molar-refractivity contribution in [3.05, 3.63) is 85.1 Å². The first-order valence-corrected chi connectivity index (χ1v) is 17.7. The molecule has 5 N–H and O–H groups in total. The van der Waals surface area contributed by atoms with Crippen LogP contribution in [-0.2, 0) is 38.5 Å². The van der Waals surface area contributed by atoms with Gasteiger partial charge in [-0.3, -0.25) is 14.4 Å². The fraction of sp³-hybridized carbons (Fsp3) is 0.475. The summed E-state index contributed by atoms with van der Waals surface area (Å²) in [5, 5.41) is 16.4. The number of hydrogen-bond donors (Lipinski definition) is 5. The van der Waals surface area contributed by atoms with E-state index >= 15 is 0 Å². The lowest BCUT2D eigenvalue weighted by molar-refractivity contribution is -0.145. The molecule has 3 aromatic rings. The Morgan fingerprint density at radius 1 is 1.06 bits per heavy atom. The van der Waals surface area contributed by atoms with Crippen LogP contribution in [0.25, 0.3) is 18.2 Å². The zero-order valence-corrected chi connectivity index (χ0v) is 30.2. The SMILES string of the molecule is C=Cc1c2[nH]c(c1CO)CC1NC(C3c4[nH]c(c(C)c4C(=O)[C@@H]3C(=O)OC)/C=c3\[nH]/c(c(C)c3CC)=C\2)[C@@H](CCC(=O)OCC=C(C)C)[C@@H]1C. The van der Waals surface area contributed by atoms with Crippen LogP contribution in [-0.4, -0.2) is 63.6 Å². The van der Waals surface area contributed by atoms with Crippen molar-refractivity contribution >= 4 is 35.9 Å². The number of allylic oxidation sites excluding steroid dienone is 1. The Hall–Kier alpha value is -4.41. The Balaban J connectivity index is 1.55. The molecule has 50 heavy (non-hydrogen) atoms. The number of aromatic nitrogens is 3. The van der Waals surface area contributed by atoms with Gasteiger partial charge in [0.05, 0.1) is 13.7 Å². The molecular formula is C40H50N4O6. The summed E-state index contributed by atoms with van der Waals surface area (Å²) in [6, 6.07) is -0.434. The van der Waals surface area contributed by atoms with Crippen LogP contribution in [0, 0.1) is 31.6 Å². The van der Waals surface area contributed by atoms with Crippen molar-refractivity contribution in [3.8, 4) is 0 Å². The van der Waals surface area contributed by atoms with Crippen LogP contribution >= 0.6 is 0 Å². The van der Waals surface area contributed by atoms with Crippen LogP contribution in [0.5, 0.6) is 0 Å². The predicted octanol–water partition coefficient (Wildman–Crippen LogP) is 4.15. The number of rotatable bonds is 9. The number of methoxy groups -OCH3 is 1. The first-order valence-electron chi connectivity index (χ1n) is 17.7. The first kappa shape index (κ1) is 35.4. The molecule has 10 nitrogen and oxygen atoms in total. The number of Topliss-reactive ketones (excluding diaryl/α,β-unsaturated/α-hetero) is 1. The Bertz CT molecular complexity index is 2000. The highest BCUT2D eigenvalue weighted by Crippen LogP contribution is 2.49. The third-order valence-electron chi connectivity index (χ3n) is 11.4. The molecule has 1 saturated heterocycles. The summed E-state index contributed by atoms with van der Waals surface area (Å²) in [6.45, 7) is 16.4. The molecule has 0 spiro atoms. The van der Waals surface area contributed by atoms with Crippen LogP contribution in [0.15, 0.2) is 18.2 Å². The molecule has 1 aliphatic carbocycles. The number of fused-ring (bicyclic) bond motifs is 8. The highest BCUT2D eigenvalue weighted by molar-refractivity contribution is 6.14. The van der Waals surface area contributed by atoms with Gasteiger partial charge in [0.15, 0.2) is 5.78 Å². The van der Waals surface area contributed by atoms with E-state index in [0.717, 1.165) is 73.3 Å². The molecule has 3 aromatic heterocycles. The minimum atomic E-state index is -1.03. The molecule has 0 radical (unpaired) electrons. The van der Waals surface area contributed by atoms with Crippen molar-refractivity contribution in [2.45, 2.75) is 91.8 Å². The number of carbonyl (C=O) groups excluding carboxylic acids is 3. The van der Waals surface area contributed by atoms with Crippen molar-refractivity contribution < 1.29 is 29.0 Å². The van der Waals surface area contributed by atoms with Crippen molar-refractivity contribution in [1.82, 2.24) is 20.3 Å². The van der Waals surface area contributed by atoms with Gasteiger partial charge in [0, 0.05) is 81.0 Å². The third kappa shape index (κ3) is 6.02. The van der Waals surface area contributed by atoms with Crippen molar-refractivity contribution in [1.29, 1.82) is 0 Å². The van der Waals surface area contributed by atoms with E-state index in [1.807, 2.05) is 26.8 Å². The maximum atomic E-state index is 14.3. The molecule has 266 valence electrons. The molecule has 3 aliphatic rings. The van der Waals surface area contributed by atoms with Gasteiger partial charge in [0.1, 0.15) is 12.5 Å². The second-order valence-corrected chi connectivity index (χ2v) is 14.3. The highest BCUT2D eigenvalue weighted by Gasteiger charge is 2.55. The van der Waals surface area contributed by atoms with Crippen LogP contribution in [0.1, 0.15) is 107 Å². The van der Waals surface area contributed by atoms with E-state index in [1.54, 1.807) is 6.08 Å². The summed E-state index contributed by atoms with van der Waals surface area (Å²) in [6.07, 6.45) is 9.85. The Kier molecular flexibility index (Phi) is 9.97. The Labute approximate surface area is 293 Å². The van der Waals surface area contributed by atoms with E-state index in [9.17, 15) is 19.5 Å². The lowest BCUT2D eigenvalue weighted by atomic mass is 9.76. The molecule has 3 unspecified atom stereocenters. The molecule has 6 rings (SSSR count). The normalized spacial score (nSPS) is 25.0. The molecule has 1 fully saturated rings. The van der Waals surface area contributed by atoms with Crippen molar-refractivity contribution in [3.63, 3.8) is 0 Å². The number of esters is 2. The molecule has 6 atom stereocenters. The van der Waals surface area contributed by atoms with Gasteiger partial charge in [0.25, 0.3) is 0 Å². The van der Waals surface area contributed by atoms with Crippen LogP contribution in [0.3, 0.4) is 0 Å². The van der Waals surface area contributed by atoms with Gasteiger partial charge >= 0.3 is 11.9 Å². The molecule has 10 heteroatoms. The van der Waals surface area contributed by atoms with E-state index in [2.05, 4.69) is 59.8 Å². The topological polar surface area (TPSA) is 149 Å². The van der Waals surface area contributed by atoms with Crippen molar-refractivity contribution in [2.75, 3.05) is 13.7 Å². The standard InChI is InChI=1S/C40H50N4O6/c1-9-23-20(5)27-15-31-24(10-2)26(18-45)32(42-31)16-28-21(6)25(11-12-33(46)50-14-13-19(3)4)37(43-28)35-36(40(48)49-8)39(47)34-22(7)29(44-38(34)35)17-30(23)41-27/h10,13,15,17,21,25,28,35-37,41-45H,2,9,11-12,14,16,18H2,1,3-8H3/b27-15-,30-17-/t21-,25-,28?,35?,36+,37?/m0/s1. The fourth-order valence-corrected chi connectivity index (χ4v) is 8.71. The predicted molar refractivity (Wildman–Crippen MR) is 193 cm³/mol. The average Bonchev–Trinajstić information content (AvgIpc) is 3.83. The van der Waals surface area contributed by atoms with Gasteiger partial charge in [-0.25, -0.2) is 0 Å².